The molecule has 0 unspecified atom stereocenters. The summed E-state index contributed by atoms with van der Waals surface area (Å²) >= 11 is 0. The predicted molar refractivity (Wildman–Crippen MR) is 93.2 cm³/mol. The zero-order valence-corrected chi connectivity index (χ0v) is 13.7. The third-order valence-corrected chi connectivity index (χ3v) is 3.39. The van der Waals surface area contributed by atoms with Crippen molar-refractivity contribution >= 4 is 28.8 Å². The number of amides is 1. The van der Waals surface area contributed by atoms with Crippen LogP contribution in [0.4, 0.5) is 17.1 Å². The van der Waals surface area contributed by atoms with Crippen LogP contribution in [0.15, 0.2) is 42.5 Å². The van der Waals surface area contributed by atoms with Gasteiger partial charge in [-0.25, -0.2) is 0 Å². The van der Waals surface area contributed by atoms with Crippen molar-refractivity contribution in [3.05, 3.63) is 58.1 Å². The van der Waals surface area contributed by atoms with Gasteiger partial charge in [0, 0.05) is 23.4 Å². The maximum Gasteiger partial charge on any atom is 0.271 e. The SMILES string of the molecule is COc1ccc([N+](=O)[O-])cc1NC(=O)CNc1cccc(C(C)=O)c1. The molecular formula is C17H17N3O5. The Kier molecular flexibility index (Phi) is 5.67. The summed E-state index contributed by atoms with van der Waals surface area (Å²) in [4.78, 5) is 33.7. The van der Waals surface area contributed by atoms with Gasteiger partial charge in [-0.05, 0) is 25.1 Å². The summed E-state index contributed by atoms with van der Waals surface area (Å²) in [6.45, 7) is 1.38. The highest BCUT2D eigenvalue weighted by atomic mass is 16.6. The molecule has 0 fully saturated rings. The number of non-ortho nitro benzene ring substituents is 1. The molecule has 0 aliphatic carbocycles. The van der Waals surface area contributed by atoms with Crippen LogP contribution in [0.1, 0.15) is 17.3 Å². The molecular weight excluding hydrogens is 326 g/mol. The third kappa shape index (κ3) is 4.77. The summed E-state index contributed by atoms with van der Waals surface area (Å²) in [5.41, 5.74) is 1.21. The third-order valence-electron chi connectivity index (χ3n) is 3.39. The molecule has 8 heteroatoms. The van der Waals surface area contributed by atoms with E-state index in [4.69, 9.17) is 4.74 Å². The number of ketones is 1. The molecule has 25 heavy (non-hydrogen) atoms. The number of nitro groups is 1. The Balaban J connectivity index is 2.05. The lowest BCUT2D eigenvalue weighted by Crippen LogP contribution is -2.22. The van der Waals surface area contributed by atoms with Crippen molar-refractivity contribution in [2.24, 2.45) is 0 Å². The van der Waals surface area contributed by atoms with Crippen molar-refractivity contribution in [3.8, 4) is 5.75 Å². The van der Waals surface area contributed by atoms with Gasteiger partial charge in [-0.2, -0.15) is 0 Å². The number of methoxy groups -OCH3 is 1. The second-order valence-corrected chi connectivity index (χ2v) is 5.18. The molecule has 2 aromatic rings. The van der Waals surface area contributed by atoms with Gasteiger partial charge in [-0.3, -0.25) is 19.7 Å². The van der Waals surface area contributed by atoms with E-state index in [1.807, 2.05) is 0 Å². The molecule has 0 aromatic heterocycles. The number of benzene rings is 2. The minimum absolute atomic E-state index is 0.0746. The number of hydrogen-bond donors (Lipinski definition) is 2. The fourth-order valence-corrected chi connectivity index (χ4v) is 2.13. The number of nitrogens with one attached hydrogen (secondary N) is 2. The Morgan fingerprint density at radius 1 is 1.20 bits per heavy atom. The molecule has 0 heterocycles. The monoisotopic (exact) mass is 343 g/mol. The predicted octanol–water partition coefficient (Wildman–Crippen LogP) is 2.86. The summed E-state index contributed by atoms with van der Waals surface area (Å²) in [6.07, 6.45) is 0. The number of hydrogen-bond acceptors (Lipinski definition) is 6. The smallest absolute Gasteiger partial charge is 0.271 e. The van der Waals surface area contributed by atoms with E-state index in [0.29, 0.717) is 17.0 Å². The first-order chi connectivity index (χ1) is 11.9. The van der Waals surface area contributed by atoms with E-state index in [-0.39, 0.29) is 23.7 Å². The van der Waals surface area contributed by atoms with E-state index in [9.17, 15) is 19.7 Å². The molecule has 8 nitrogen and oxygen atoms in total. The maximum atomic E-state index is 12.1. The largest absolute Gasteiger partial charge is 0.495 e. The van der Waals surface area contributed by atoms with Gasteiger partial charge in [-0.15, -0.1) is 0 Å². The second kappa shape index (κ2) is 7.91. The van der Waals surface area contributed by atoms with Crippen LogP contribution in [0.2, 0.25) is 0 Å². The standard InChI is InChI=1S/C17H17N3O5/c1-11(21)12-4-3-5-13(8-12)18-10-17(22)19-15-9-14(20(23)24)6-7-16(15)25-2/h3-9,18H,10H2,1-2H3,(H,19,22). The fraction of sp³-hybridized carbons (Fsp3) is 0.176. The fourth-order valence-electron chi connectivity index (χ4n) is 2.13. The summed E-state index contributed by atoms with van der Waals surface area (Å²) in [5, 5.41) is 16.3. The molecule has 0 bridgehead atoms. The highest BCUT2D eigenvalue weighted by Gasteiger charge is 2.13. The Hall–Kier alpha value is -3.42. The first kappa shape index (κ1) is 17.9. The Bertz CT molecular complexity index is 820. The van der Waals surface area contributed by atoms with Gasteiger partial charge < -0.3 is 15.4 Å². The lowest BCUT2D eigenvalue weighted by molar-refractivity contribution is -0.384. The molecule has 0 spiro atoms. The van der Waals surface area contributed by atoms with Crippen LogP contribution >= 0.6 is 0 Å². The van der Waals surface area contributed by atoms with E-state index < -0.39 is 10.8 Å². The van der Waals surface area contributed by atoms with Crippen LogP contribution in [0.3, 0.4) is 0 Å². The number of Topliss-reactive ketones (excluding diaryl/α,β-unsaturated/α-hetero) is 1. The number of anilines is 2. The van der Waals surface area contributed by atoms with Crippen molar-refractivity contribution in [1.82, 2.24) is 0 Å². The average molecular weight is 343 g/mol. The van der Waals surface area contributed by atoms with Crippen LogP contribution in [0.25, 0.3) is 0 Å². The van der Waals surface area contributed by atoms with E-state index >= 15 is 0 Å². The summed E-state index contributed by atoms with van der Waals surface area (Å²) in [7, 11) is 1.41. The summed E-state index contributed by atoms with van der Waals surface area (Å²) in [5.74, 6) is -0.168. The molecule has 0 radical (unpaired) electrons. The number of carbonyl (C=O) groups excluding carboxylic acids is 2. The molecule has 2 N–H and O–H groups in total. The molecule has 1 amide bonds. The van der Waals surface area contributed by atoms with Gasteiger partial charge in [0.05, 0.1) is 24.3 Å². The number of nitro benzene ring substituents is 1. The van der Waals surface area contributed by atoms with Crippen LogP contribution in [-0.2, 0) is 4.79 Å². The minimum atomic E-state index is -0.555. The highest BCUT2D eigenvalue weighted by molar-refractivity contribution is 5.96. The normalized spacial score (nSPS) is 10.0. The number of ether oxygens (including phenoxy) is 1. The maximum absolute atomic E-state index is 12.1. The number of rotatable bonds is 7. The van der Waals surface area contributed by atoms with Crippen LogP contribution in [0.5, 0.6) is 5.75 Å². The van der Waals surface area contributed by atoms with Gasteiger partial charge in [-0.1, -0.05) is 12.1 Å². The van der Waals surface area contributed by atoms with Crippen LogP contribution < -0.4 is 15.4 Å². The van der Waals surface area contributed by atoms with Crippen LogP contribution in [-0.4, -0.2) is 30.3 Å². The topological polar surface area (TPSA) is 111 Å². The molecule has 2 aromatic carbocycles. The summed E-state index contributed by atoms with van der Waals surface area (Å²) in [6, 6.07) is 10.7. The van der Waals surface area contributed by atoms with Crippen molar-refractivity contribution in [1.29, 1.82) is 0 Å². The molecule has 0 aliphatic heterocycles. The Morgan fingerprint density at radius 3 is 2.60 bits per heavy atom. The van der Waals surface area contributed by atoms with E-state index in [1.165, 1.54) is 32.2 Å². The van der Waals surface area contributed by atoms with E-state index in [0.717, 1.165) is 0 Å². The van der Waals surface area contributed by atoms with Gasteiger partial charge in [0.2, 0.25) is 5.91 Å². The molecule has 0 saturated carbocycles. The van der Waals surface area contributed by atoms with Crippen molar-refractivity contribution in [2.75, 3.05) is 24.3 Å². The zero-order valence-electron chi connectivity index (χ0n) is 13.7. The first-order valence-corrected chi connectivity index (χ1v) is 7.38. The van der Waals surface area contributed by atoms with Gasteiger partial charge in [0.25, 0.3) is 5.69 Å². The molecule has 0 aliphatic rings. The highest BCUT2D eigenvalue weighted by Crippen LogP contribution is 2.28. The average Bonchev–Trinajstić information content (AvgIpc) is 2.60. The summed E-state index contributed by atoms with van der Waals surface area (Å²) < 4.78 is 5.09. The molecule has 0 saturated heterocycles. The zero-order chi connectivity index (χ0) is 18.4. The Morgan fingerprint density at radius 2 is 1.96 bits per heavy atom. The van der Waals surface area contributed by atoms with Gasteiger partial charge in [0.1, 0.15) is 5.75 Å². The number of carbonyl (C=O) groups is 2. The van der Waals surface area contributed by atoms with E-state index in [1.54, 1.807) is 24.3 Å². The van der Waals surface area contributed by atoms with E-state index in [2.05, 4.69) is 10.6 Å². The second-order valence-electron chi connectivity index (χ2n) is 5.18. The minimum Gasteiger partial charge on any atom is -0.495 e. The van der Waals surface area contributed by atoms with Crippen molar-refractivity contribution in [3.63, 3.8) is 0 Å². The van der Waals surface area contributed by atoms with Crippen molar-refractivity contribution < 1.29 is 19.2 Å². The number of nitrogens with zero attached hydrogens (tertiary/aromatic N) is 1. The van der Waals surface area contributed by atoms with Gasteiger partial charge >= 0.3 is 0 Å². The molecule has 2 rings (SSSR count). The lowest BCUT2D eigenvalue weighted by Gasteiger charge is -2.11. The Labute approximate surface area is 144 Å². The molecule has 130 valence electrons. The van der Waals surface area contributed by atoms with Gasteiger partial charge in [0.15, 0.2) is 5.78 Å². The first-order valence-electron chi connectivity index (χ1n) is 7.38. The van der Waals surface area contributed by atoms with Crippen LogP contribution in [0, 0.1) is 10.1 Å². The molecule has 0 atom stereocenters. The quantitative estimate of drug-likeness (QED) is 0.454. The lowest BCUT2D eigenvalue weighted by atomic mass is 10.1. The van der Waals surface area contributed by atoms with Crippen molar-refractivity contribution in [2.45, 2.75) is 6.92 Å².